The molecule has 0 aliphatic rings. The van der Waals surface area contributed by atoms with E-state index < -0.39 is 0 Å². The quantitative estimate of drug-likeness (QED) is 0.619. The van der Waals surface area contributed by atoms with Crippen molar-refractivity contribution < 1.29 is 14.3 Å². The summed E-state index contributed by atoms with van der Waals surface area (Å²) in [5, 5.41) is 0.291. The number of ether oxygens (including phenoxy) is 1. The molecule has 1 aromatic heterocycles. The van der Waals surface area contributed by atoms with E-state index in [1.165, 1.54) is 18.1 Å². The number of hydrogen-bond donors (Lipinski definition) is 0. The van der Waals surface area contributed by atoms with Gasteiger partial charge in [-0.15, -0.1) is 0 Å². The average molecular weight is 313 g/mol. The van der Waals surface area contributed by atoms with Gasteiger partial charge in [0.25, 0.3) is 5.91 Å². The lowest BCUT2D eigenvalue weighted by Crippen LogP contribution is -2.34. The van der Waals surface area contributed by atoms with Crippen LogP contribution >= 0.6 is 11.6 Å². The van der Waals surface area contributed by atoms with Gasteiger partial charge in [0.15, 0.2) is 0 Å². The Labute approximate surface area is 130 Å². The van der Waals surface area contributed by atoms with Gasteiger partial charge in [-0.05, 0) is 18.1 Å². The number of rotatable bonds is 5. The maximum Gasteiger partial charge on any atom is 0.310 e. The minimum Gasteiger partial charge on any atom is -0.469 e. The predicted octanol–water partition coefficient (Wildman–Crippen LogP) is 2.74. The first kappa shape index (κ1) is 17.4. The number of carbonyl (C=O) groups excluding carboxylic acids is 2. The van der Waals surface area contributed by atoms with Crippen molar-refractivity contribution >= 4 is 23.5 Å². The van der Waals surface area contributed by atoms with Gasteiger partial charge >= 0.3 is 5.97 Å². The number of methoxy groups -OCH3 is 1. The highest BCUT2D eigenvalue weighted by Crippen LogP contribution is 2.19. The smallest absolute Gasteiger partial charge is 0.310 e. The molecule has 1 amide bonds. The van der Waals surface area contributed by atoms with Crippen molar-refractivity contribution in [3.8, 4) is 0 Å². The Balaban J connectivity index is 2.90. The Morgan fingerprint density at radius 2 is 1.95 bits per heavy atom. The van der Waals surface area contributed by atoms with Crippen molar-refractivity contribution in [1.29, 1.82) is 0 Å². The van der Waals surface area contributed by atoms with Crippen molar-refractivity contribution in [3.05, 3.63) is 28.5 Å². The van der Waals surface area contributed by atoms with Gasteiger partial charge in [0.1, 0.15) is 5.15 Å². The summed E-state index contributed by atoms with van der Waals surface area (Å²) in [6.45, 7) is 5.96. The third-order valence-electron chi connectivity index (χ3n) is 3.15. The molecule has 0 fully saturated rings. The fourth-order valence-electron chi connectivity index (χ4n) is 1.93. The number of halogens is 1. The summed E-state index contributed by atoms with van der Waals surface area (Å²) in [5.74, 6) is -0.748. The van der Waals surface area contributed by atoms with Gasteiger partial charge in [-0.25, -0.2) is 4.98 Å². The van der Waals surface area contributed by atoms with E-state index in [9.17, 15) is 9.59 Å². The summed E-state index contributed by atoms with van der Waals surface area (Å²) in [5.41, 5.74) is 1.23. The van der Waals surface area contributed by atoms with Crippen LogP contribution in [-0.4, -0.2) is 42.5 Å². The predicted molar refractivity (Wildman–Crippen MR) is 81.5 cm³/mol. The third kappa shape index (κ3) is 4.70. The molecule has 1 unspecified atom stereocenters. The average Bonchev–Trinajstić information content (AvgIpc) is 2.44. The van der Waals surface area contributed by atoms with E-state index >= 15 is 0 Å². The molecule has 6 heteroatoms. The van der Waals surface area contributed by atoms with Crippen LogP contribution in [0, 0.1) is 5.92 Å². The van der Waals surface area contributed by atoms with Gasteiger partial charge < -0.3 is 9.64 Å². The van der Waals surface area contributed by atoms with Crippen LogP contribution in [0.15, 0.2) is 12.1 Å². The lowest BCUT2D eigenvalue weighted by molar-refractivity contribution is -0.145. The molecule has 1 heterocycles. The molecule has 1 atom stereocenters. The van der Waals surface area contributed by atoms with Crippen molar-refractivity contribution in [2.75, 3.05) is 20.7 Å². The Hall–Kier alpha value is -1.62. The Morgan fingerprint density at radius 3 is 2.48 bits per heavy atom. The summed E-state index contributed by atoms with van der Waals surface area (Å²) < 4.78 is 4.66. The fraction of sp³-hybridized carbons (Fsp3) is 0.533. The molecule has 1 rings (SSSR count). The summed E-state index contributed by atoms with van der Waals surface area (Å²) in [6, 6.07) is 3.27. The zero-order chi connectivity index (χ0) is 16.2. The molecule has 0 saturated carbocycles. The second-order valence-electron chi connectivity index (χ2n) is 5.37. The number of aromatic nitrogens is 1. The summed E-state index contributed by atoms with van der Waals surface area (Å²) in [4.78, 5) is 29.5. The first-order valence-corrected chi connectivity index (χ1v) is 7.14. The number of amides is 1. The first-order valence-electron chi connectivity index (χ1n) is 6.77. The molecule has 0 radical (unpaired) electrons. The maximum absolute atomic E-state index is 12.4. The Bertz CT molecular complexity index is 532. The second-order valence-corrected chi connectivity index (χ2v) is 5.76. The molecule has 0 bridgehead atoms. The standard InChI is InChI=1S/C15H21ClN2O3/c1-9(2)12-6-11(7-13(16)17-12)14(19)18(4)8-10(3)15(20)21-5/h6-7,9-10H,8H2,1-5H3. The van der Waals surface area contributed by atoms with Gasteiger partial charge in [-0.3, -0.25) is 9.59 Å². The van der Waals surface area contributed by atoms with Crippen LogP contribution in [0.2, 0.25) is 5.15 Å². The normalized spacial score (nSPS) is 12.1. The van der Waals surface area contributed by atoms with Crippen LogP contribution in [0.25, 0.3) is 0 Å². The minimum atomic E-state index is -0.383. The topological polar surface area (TPSA) is 59.5 Å². The molecular weight excluding hydrogens is 292 g/mol. The number of carbonyl (C=O) groups is 2. The molecule has 0 aromatic carbocycles. The van der Waals surface area contributed by atoms with E-state index in [1.54, 1.807) is 20.0 Å². The SMILES string of the molecule is COC(=O)C(C)CN(C)C(=O)c1cc(Cl)nc(C(C)C)c1. The number of esters is 1. The van der Waals surface area contributed by atoms with Crippen molar-refractivity contribution in [1.82, 2.24) is 9.88 Å². The van der Waals surface area contributed by atoms with Crippen LogP contribution in [0.1, 0.15) is 42.7 Å². The number of pyridine rings is 1. The highest BCUT2D eigenvalue weighted by Gasteiger charge is 2.20. The summed E-state index contributed by atoms with van der Waals surface area (Å²) >= 11 is 5.97. The third-order valence-corrected chi connectivity index (χ3v) is 3.34. The molecule has 0 N–H and O–H groups in total. The molecule has 21 heavy (non-hydrogen) atoms. The molecule has 116 valence electrons. The summed E-state index contributed by atoms with van der Waals surface area (Å²) in [6.07, 6.45) is 0. The molecule has 0 saturated heterocycles. The second kappa shape index (κ2) is 7.41. The van der Waals surface area contributed by atoms with Crippen LogP contribution in [-0.2, 0) is 9.53 Å². The zero-order valence-electron chi connectivity index (χ0n) is 13.0. The number of hydrogen-bond acceptors (Lipinski definition) is 4. The zero-order valence-corrected chi connectivity index (χ0v) is 13.8. The van der Waals surface area contributed by atoms with Gasteiger partial charge in [0.05, 0.1) is 13.0 Å². The van der Waals surface area contributed by atoms with Crippen LogP contribution in [0.3, 0.4) is 0 Å². The van der Waals surface area contributed by atoms with E-state index in [1.807, 2.05) is 13.8 Å². The fourth-order valence-corrected chi connectivity index (χ4v) is 2.14. The van der Waals surface area contributed by atoms with Crippen LogP contribution in [0.5, 0.6) is 0 Å². The van der Waals surface area contributed by atoms with Crippen LogP contribution in [0.4, 0.5) is 0 Å². The van der Waals surface area contributed by atoms with Crippen LogP contribution < -0.4 is 0 Å². The molecule has 1 aromatic rings. The van der Waals surface area contributed by atoms with E-state index in [4.69, 9.17) is 11.6 Å². The van der Waals surface area contributed by atoms with Crippen molar-refractivity contribution in [2.45, 2.75) is 26.7 Å². The van der Waals surface area contributed by atoms with E-state index in [2.05, 4.69) is 9.72 Å². The van der Waals surface area contributed by atoms with Crippen molar-refractivity contribution in [3.63, 3.8) is 0 Å². The molecule has 0 aliphatic heterocycles. The maximum atomic E-state index is 12.4. The minimum absolute atomic E-state index is 0.176. The van der Waals surface area contributed by atoms with E-state index in [0.717, 1.165) is 5.69 Å². The Morgan fingerprint density at radius 1 is 1.33 bits per heavy atom. The lowest BCUT2D eigenvalue weighted by atomic mass is 10.1. The number of nitrogens with zero attached hydrogens (tertiary/aromatic N) is 2. The molecular formula is C15H21ClN2O3. The van der Waals surface area contributed by atoms with Gasteiger partial charge in [0.2, 0.25) is 0 Å². The van der Waals surface area contributed by atoms with Gasteiger partial charge in [-0.2, -0.15) is 0 Å². The Kier molecular flexibility index (Phi) is 6.15. The van der Waals surface area contributed by atoms with E-state index in [0.29, 0.717) is 10.7 Å². The highest BCUT2D eigenvalue weighted by atomic mass is 35.5. The molecule has 0 aliphatic carbocycles. The largest absolute Gasteiger partial charge is 0.469 e. The van der Waals surface area contributed by atoms with Crippen molar-refractivity contribution in [2.24, 2.45) is 5.92 Å². The monoisotopic (exact) mass is 312 g/mol. The van der Waals surface area contributed by atoms with Gasteiger partial charge in [0, 0.05) is 24.8 Å². The lowest BCUT2D eigenvalue weighted by Gasteiger charge is -2.21. The van der Waals surface area contributed by atoms with Gasteiger partial charge in [-0.1, -0.05) is 32.4 Å². The first-order chi connectivity index (χ1) is 9.76. The molecule has 5 nitrogen and oxygen atoms in total. The molecule has 0 spiro atoms. The highest BCUT2D eigenvalue weighted by molar-refractivity contribution is 6.29. The van der Waals surface area contributed by atoms with E-state index in [-0.39, 0.29) is 30.3 Å². The summed E-state index contributed by atoms with van der Waals surface area (Å²) in [7, 11) is 2.98.